The van der Waals surface area contributed by atoms with Gasteiger partial charge in [0.15, 0.2) is 6.10 Å². The highest BCUT2D eigenvalue weighted by atomic mass is 32.1. The predicted octanol–water partition coefficient (Wildman–Crippen LogP) is 4.37. The largest absolute Gasteiger partial charge is 0.479 e. The summed E-state index contributed by atoms with van der Waals surface area (Å²) in [6.45, 7) is 1.74. The molecule has 0 saturated carbocycles. The van der Waals surface area contributed by atoms with E-state index in [-0.39, 0.29) is 5.78 Å². The summed E-state index contributed by atoms with van der Waals surface area (Å²) in [6.07, 6.45) is -0.663. The average molecular weight is 340 g/mol. The van der Waals surface area contributed by atoms with Gasteiger partial charge in [-0.25, -0.2) is 4.79 Å². The zero-order valence-corrected chi connectivity index (χ0v) is 13.9. The van der Waals surface area contributed by atoms with Gasteiger partial charge in [-0.3, -0.25) is 4.79 Å². The molecule has 24 heavy (non-hydrogen) atoms. The molecular formula is C19H16O4S. The summed E-state index contributed by atoms with van der Waals surface area (Å²) in [5, 5.41) is 10.0. The second-order valence-electron chi connectivity index (χ2n) is 5.30. The Labute approximate surface area is 143 Å². The Balaban J connectivity index is 2.11. The fraction of sp³-hybridized carbons (Fsp3) is 0.158. The van der Waals surface area contributed by atoms with Gasteiger partial charge in [-0.1, -0.05) is 49.4 Å². The van der Waals surface area contributed by atoms with Crippen LogP contribution in [-0.2, 0) is 4.79 Å². The maximum absolute atomic E-state index is 12.9. The predicted molar refractivity (Wildman–Crippen MR) is 94.0 cm³/mol. The maximum Gasteiger partial charge on any atom is 0.344 e. The van der Waals surface area contributed by atoms with Crippen molar-refractivity contribution < 1.29 is 19.4 Å². The van der Waals surface area contributed by atoms with Gasteiger partial charge in [0.25, 0.3) is 0 Å². The number of ether oxygens (including phenoxy) is 1. The Morgan fingerprint density at radius 3 is 2.42 bits per heavy atom. The SMILES string of the molecule is CCC(Oc1c(C(=O)c2ccccc2)sc2ccccc12)C(=O)O. The Morgan fingerprint density at radius 1 is 1.08 bits per heavy atom. The Bertz CT molecular complexity index is 883. The normalized spacial score (nSPS) is 12.0. The molecule has 0 bridgehead atoms. The zero-order chi connectivity index (χ0) is 17.1. The molecule has 1 unspecified atom stereocenters. The number of carbonyl (C=O) groups excluding carboxylic acids is 1. The van der Waals surface area contributed by atoms with Crippen molar-refractivity contribution in [3.8, 4) is 5.75 Å². The molecule has 0 aliphatic rings. The summed E-state index contributed by atoms with van der Waals surface area (Å²) in [5.41, 5.74) is 0.553. The lowest BCUT2D eigenvalue weighted by atomic mass is 10.1. The van der Waals surface area contributed by atoms with Crippen LogP contribution in [0.25, 0.3) is 10.1 Å². The van der Waals surface area contributed by atoms with Crippen molar-refractivity contribution in [2.75, 3.05) is 0 Å². The van der Waals surface area contributed by atoms with Crippen molar-refractivity contribution in [1.82, 2.24) is 0 Å². The van der Waals surface area contributed by atoms with E-state index in [2.05, 4.69) is 0 Å². The number of carboxylic acid groups (broad SMARTS) is 1. The van der Waals surface area contributed by atoms with Crippen molar-refractivity contribution in [3.05, 3.63) is 65.0 Å². The maximum atomic E-state index is 12.9. The van der Waals surface area contributed by atoms with Crippen LogP contribution in [0.5, 0.6) is 5.75 Å². The lowest BCUT2D eigenvalue weighted by molar-refractivity contribution is -0.145. The first kappa shape index (κ1) is 16.2. The number of benzene rings is 2. The molecule has 0 aliphatic carbocycles. The highest BCUT2D eigenvalue weighted by Crippen LogP contribution is 2.39. The second-order valence-corrected chi connectivity index (χ2v) is 6.36. The number of fused-ring (bicyclic) bond motifs is 1. The molecule has 2 aromatic carbocycles. The van der Waals surface area contributed by atoms with Gasteiger partial charge in [0.2, 0.25) is 5.78 Å². The first-order valence-electron chi connectivity index (χ1n) is 7.62. The van der Waals surface area contributed by atoms with Gasteiger partial charge < -0.3 is 9.84 Å². The van der Waals surface area contributed by atoms with E-state index < -0.39 is 12.1 Å². The highest BCUT2D eigenvalue weighted by molar-refractivity contribution is 7.21. The van der Waals surface area contributed by atoms with Gasteiger partial charge in [-0.05, 0) is 18.6 Å². The third-order valence-corrected chi connectivity index (χ3v) is 4.85. The Morgan fingerprint density at radius 2 is 1.75 bits per heavy atom. The fourth-order valence-electron chi connectivity index (χ4n) is 2.46. The number of aliphatic carboxylic acids is 1. The van der Waals surface area contributed by atoms with Crippen LogP contribution in [0.15, 0.2) is 54.6 Å². The van der Waals surface area contributed by atoms with Crippen molar-refractivity contribution in [2.45, 2.75) is 19.4 Å². The van der Waals surface area contributed by atoms with E-state index in [9.17, 15) is 14.7 Å². The molecule has 1 atom stereocenters. The standard InChI is InChI=1S/C19H16O4S/c1-2-14(19(21)22)23-17-13-10-6-7-11-15(13)24-18(17)16(20)12-8-4-3-5-9-12/h3-11,14H,2H2,1H3,(H,21,22). The van der Waals surface area contributed by atoms with Crippen LogP contribution in [0.1, 0.15) is 28.6 Å². The van der Waals surface area contributed by atoms with E-state index in [0.717, 1.165) is 10.1 Å². The summed E-state index contributed by atoms with van der Waals surface area (Å²) >= 11 is 1.32. The van der Waals surface area contributed by atoms with Crippen molar-refractivity contribution in [2.24, 2.45) is 0 Å². The van der Waals surface area contributed by atoms with E-state index in [4.69, 9.17) is 4.74 Å². The molecule has 1 heterocycles. The van der Waals surface area contributed by atoms with Gasteiger partial charge in [0, 0.05) is 15.6 Å². The van der Waals surface area contributed by atoms with Gasteiger partial charge in [0.05, 0.1) is 0 Å². The van der Waals surface area contributed by atoms with Crippen LogP contribution in [0, 0.1) is 0 Å². The molecule has 0 fully saturated rings. The number of hydrogen-bond acceptors (Lipinski definition) is 4. The Kier molecular flexibility index (Phi) is 4.62. The van der Waals surface area contributed by atoms with E-state index in [1.54, 1.807) is 31.2 Å². The molecule has 1 N–H and O–H groups in total. The van der Waals surface area contributed by atoms with Crippen LogP contribution in [0.2, 0.25) is 0 Å². The van der Waals surface area contributed by atoms with E-state index in [0.29, 0.717) is 22.6 Å². The number of carboxylic acids is 1. The smallest absolute Gasteiger partial charge is 0.344 e. The summed E-state index contributed by atoms with van der Waals surface area (Å²) in [4.78, 5) is 24.6. The molecule has 3 rings (SSSR count). The van der Waals surface area contributed by atoms with Crippen molar-refractivity contribution >= 4 is 33.2 Å². The summed E-state index contributed by atoms with van der Waals surface area (Å²) < 4.78 is 6.64. The van der Waals surface area contributed by atoms with Gasteiger partial charge in [0.1, 0.15) is 10.6 Å². The third-order valence-electron chi connectivity index (χ3n) is 3.70. The minimum absolute atomic E-state index is 0.160. The summed E-state index contributed by atoms with van der Waals surface area (Å²) in [5.74, 6) is -0.836. The Hall–Kier alpha value is -2.66. The third kappa shape index (κ3) is 3.03. The monoisotopic (exact) mass is 340 g/mol. The van der Waals surface area contributed by atoms with Crippen LogP contribution in [0.4, 0.5) is 0 Å². The molecule has 4 nitrogen and oxygen atoms in total. The van der Waals surface area contributed by atoms with Gasteiger partial charge in [-0.2, -0.15) is 0 Å². The van der Waals surface area contributed by atoms with Crippen LogP contribution < -0.4 is 4.74 Å². The average Bonchev–Trinajstić information content (AvgIpc) is 2.98. The lowest BCUT2D eigenvalue weighted by Gasteiger charge is -2.14. The number of ketones is 1. The molecular weight excluding hydrogens is 324 g/mol. The lowest BCUT2D eigenvalue weighted by Crippen LogP contribution is -2.26. The van der Waals surface area contributed by atoms with Crippen molar-refractivity contribution in [3.63, 3.8) is 0 Å². The highest BCUT2D eigenvalue weighted by Gasteiger charge is 2.25. The van der Waals surface area contributed by atoms with E-state index >= 15 is 0 Å². The molecule has 0 amide bonds. The number of carbonyl (C=O) groups is 2. The van der Waals surface area contributed by atoms with Crippen LogP contribution >= 0.6 is 11.3 Å². The van der Waals surface area contributed by atoms with E-state index in [1.165, 1.54) is 11.3 Å². The topological polar surface area (TPSA) is 63.6 Å². The molecule has 5 heteroatoms. The minimum atomic E-state index is -1.04. The first-order valence-corrected chi connectivity index (χ1v) is 8.44. The number of hydrogen-bond donors (Lipinski definition) is 1. The van der Waals surface area contributed by atoms with Gasteiger partial charge in [-0.15, -0.1) is 11.3 Å². The van der Waals surface area contributed by atoms with Crippen LogP contribution in [-0.4, -0.2) is 23.0 Å². The van der Waals surface area contributed by atoms with E-state index in [1.807, 2.05) is 30.3 Å². The van der Waals surface area contributed by atoms with Crippen molar-refractivity contribution in [1.29, 1.82) is 0 Å². The summed E-state index contributed by atoms with van der Waals surface area (Å²) in [7, 11) is 0. The molecule has 1 aromatic heterocycles. The minimum Gasteiger partial charge on any atom is -0.479 e. The molecule has 0 saturated heterocycles. The van der Waals surface area contributed by atoms with Crippen LogP contribution in [0.3, 0.4) is 0 Å². The summed E-state index contributed by atoms with van der Waals surface area (Å²) in [6, 6.07) is 16.4. The first-order chi connectivity index (χ1) is 11.6. The molecule has 0 aliphatic heterocycles. The molecule has 0 radical (unpaired) electrons. The zero-order valence-electron chi connectivity index (χ0n) is 13.1. The molecule has 3 aromatic rings. The fourth-order valence-corrected chi connectivity index (χ4v) is 3.56. The molecule has 0 spiro atoms. The van der Waals surface area contributed by atoms with Gasteiger partial charge >= 0.3 is 5.97 Å². The molecule has 122 valence electrons. The number of rotatable bonds is 6. The number of thiophene rings is 1. The quantitative estimate of drug-likeness (QED) is 0.677. The second kappa shape index (κ2) is 6.84.